The molecule has 4 aromatic rings. The Morgan fingerprint density at radius 2 is 1.83 bits per heavy atom. The Hall–Kier alpha value is -3.39. The van der Waals surface area contributed by atoms with E-state index in [1.807, 2.05) is 36.7 Å². The van der Waals surface area contributed by atoms with Crippen LogP contribution in [0.4, 0.5) is 4.39 Å². The van der Waals surface area contributed by atoms with Crippen LogP contribution < -0.4 is 5.32 Å². The third-order valence-electron chi connectivity index (χ3n) is 5.25. The molecule has 0 amide bonds. The van der Waals surface area contributed by atoms with Crippen LogP contribution in [0.1, 0.15) is 12.5 Å². The zero-order chi connectivity index (χ0) is 19.6. The van der Waals surface area contributed by atoms with Crippen molar-refractivity contribution in [1.29, 1.82) is 0 Å². The van der Waals surface area contributed by atoms with Crippen molar-refractivity contribution in [1.82, 2.24) is 35.3 Å². The monoisotopic (exact) mass is 389 g/mol. The van der Waals surface area contributed by atoms with Crippen LogP contribution in [0.25, 0.3) is 33.6 Å². The quantitative estimate of drug-likeness (QED) is 0.560. The number of benzene rings is 1. The molecule has 1 aliphatic rings. The predicted octanol–water partition coefficient (Wildman–Crippen LogP) is 3.27. The van der Waals surface area contributed by atoms with E-state index in [9.17, 15) is 4.39 Å². The van der Waals surface area contributed by atoms with Gasteiger partial charge in [-0.3, -0.25) is 9.78 Å². The van der Waals surface area contributed by atoms with Gasteiger partial charge in [0.05, 0.1) is 18.4 Å². The summed E-state index contributed by atoms with van der Waals surface area (Å²) in [5.74, 6) is 0.647. The molecule has 1 aromatic carbocycles. The average molecular weight is 389 g/mol. The van der Waals surface area contributed by atoms with Gasteiger partial charge in [-0.1, -0.05) is 18.2 Å². The maximum atomic E-state index is 14.2. The third kappa shape index (κ3) is 3.54. The van der Waals surface area contributed by atoms with Crippen LogP contribution in [0.15, 0.2) is 61.4 Å². The van der Waals surface area contributed by atoms with Gasteiger partial charge >= 0.3 is 0 Å². The van der Waals surface area contributed by atoms with Crippen molar-refractivity contribution in [3.05, 3.63) is 61.4 Å². The van der Waals surface area contributed by atoms with Crippen molar-refractivity contribution in [2.45, 2.75) is 18.6 Å². The fourth-order valence-electron chi connectivity index (χ4n) is 3.65. The van der Waals surface area contributed by atoms with E-state index in [1.165, 1.54) is 0 Å². The molecular formula is C21H20FN7. The summed E-state index contributed by atoms with van der Waals surface area (Å²) in [6.45, 7) is 1.17. The van der Waals surface area contributed by atoms with Crippen LogP contribution in [0, 0.1) is 0 Å². The second-order valence-electron chi connectivity index (χ2n) is 7.15. The maximum absolute atomic E-state index is 14.2. The molecule has 1 unspecified atom stereocenters. The third-order valence-corrected chi connectivity index (χ3v) is 5.25. The summed E-state index contributed by atoms with van der Waals surface area (Å²) in [7, 11) is 0. The number of H-pyrrole nitrogens is 1. The van der Waals surface area contributed by atoms with Gasteiger partial charge in [-0.05, 0) is 24.6 Å². The van der Waals surface area contributed by atoms with E-state index in [-0.39, 0.29) is 6.04 Å². The molecule has 2 atom stereocenters. The molecule has 0 aliphatic carbocycles. The van der Waals surface area contributed by atoms with Crippen molar-refractivity contribution < 1.29 is 4.39 Å². The van der Waals surface area contributed by atoms with Gasteiger partial charge in [0.2, 0.25) is 0 Å². The van der Waals surface area contributed by atoms with Crippen molar-refractivity contribution >= 4 is 0 Å². The minimum Gasteiger partial charge on any atom is -0.314 e. The predicted molar refractivity (Wildman–Crippen MR) is 108 cm³/mol. The van der Waals surface area contributed by atoms with Crippen molar-refractivity contribution in [2.24, 2.45) is 0 Å². The number of piperidine rings is 1. The molecule has 2 N–H and O–H groups in total. The first kappa shape index (κ1) is 17.7. The summed E-state index contributed by atoms with van der Waals surface area (Å²) in [6.07, 6.45) is 10.6. The van der Waals surface area contributed by atoms with Gasteiger partial charge in [0.25, 0.3) is 0 Å². The summed E-state index contributed by atoms with van der Waals surface area (Å²) < 4.78 is 15.9. The molecular weight excluding hydrogens is 369 g/mol. The normalized spacial score (nSPS) is 19.3. The second kappa shape index (κ2) is 7.56. The molecule has 4 heterocycles. The van der Waals surface area contributed by atoms with E-state index < -0.39 is 6.17 Å². The van der Waals surface area contributed by atoms with Crippen LogP contribution in [-0.4, -0.2) is 49.2 Å². The van der Waals surface area contributed by atoms with Crippen LogP contribution in [0.2, 0.25) is 0 Å². The standard InChI is InChI=1S/C21H20FN7/c22-19-12-23-5-4-20(19)29-13-18(11-28-29)16-7-24-21(25-8-16)15-3-1-2-14(6-15)17-9-26-27-10-17/h1-3,6-11,13,19-20,23H,4-5,12H2,(H,26,27)/t19-,20?/m1/s1. The van der Waals surface area contributed by atoms with E-state index in [0.29, 0.717) is 12.4 Å². The van der Waals surface area contributed by atoms with Crippen LogP contribution in [-0.2, 0) is 0 Å². The number of aromatic amines is 1. The van der Waals surface area contributed by atoms with Gasteiger partial charge in [0.15, 0.2) is 5.82 Å². The number of hydrogen-bond donors (Lipinski definition) is 2. The summed E-state index contributed by atoms with van der Waals surface area (Å²) in [6, 6.07) is 7.79. The molecule has 7 nitrogen and oxygen atoms in total. The van der Waals surface area contributed by atoms with E-state index in [4.69, 9.17) is 0 Å². The van der Waals surface area contributed by atoms with Crippen molar-refractivity contribution in [3.8, 4) is 33.6 Å². The number of nitrogens with one attached hydrogen (secondary N) is 2. The van der Waals surface area contributed by atoms with Gasteiger partial charge in [-0.2, -0.15) is 10.2 Å². The topological polar surface area (TPSA) is 84.3 Å². The summed E-state index contributed by atoms with van der Waals surface area (Å²) >= 11 is 0. The molecule has 0 saturated carbocycles. The Morgan fingerprint density at radius 1 is 0.966 bits per heavy atom. The van der Waals surface area contributed by atoms with E-state index >= 15 is 0 Å². The second-order valence-corrected chi connectivity index (χ2v) is 7.15. The maximum Gasteiger partial charge on any atom is 0.159 e. The highest BCUT2D eigenvalue weighted by Crippen LogP contribution is 2.27. The van der Waals surface area contributed by atoms with Gasteiger partial charge in [-0.25, -0.2) is 14.4 Å². The molecule has 0 spiro atoms. The highest BCUT2D eigenvalue weighted by atomic mass is 19.1. The lowest BCUT2D eigenvalue weighted by atomic mass is 10.1. The minimum absolute atomic E-state index is 0.226. The largest absolute Gasteiger partial charge is 0.314 e. The van der Waals surface area contributed by atoms with Crippen molar-refractivity contribution in [2.75, 3.05) is 13.1 Å². The first-order valence-corrected chi connectivity index (χ1v) is 9.59. The number of hydrogen-bond acceptors (Lipinski definition) is 5. The van der Waals surface area contributed by atoms with E-state index in [1.54, 1.807) is 29.5 Å². The van der Waals surface area contributed by atoms with E-state index in [2.05, 4.69) is 30.6 Å². The smallest absolute Gasteiger partial charge is 0.159 e. The SMILES string of the molecule is F[C@@H]1CNCCC1n1cc(-c2cnc(-c3cccc(-c4cn[nH]c4)c3)nc2)cn1. The fraction of sp³-hybridized carbons (Fsp3) is 0.238. The first-order chi connectivity index (χ1) is 14.3. The average Bonchev–Trinajstić information content (AvgIpc) is 3.47. The lowest BCUT2D eigenvalue weighted by Gasteiger charge is -2.26. The van der Waals surface area contributed by atoms with Gasteiger partial charge in [0.1, 0.15) is 6.17 Å². The summed E-state index contributed by atoms with van der Waals surface area (Å²) in [5.41, 5.74) is 4.73. The zero-order valence-electron chi connectivity index (χ0n) is 15.7. The molecule has 5 rings (SSSR count). The Bertz CT molecular complexity index is 1090. The first-order valence-electron chi connectivity index (χ1n) is 9.59. The number of halogens is 1. The Labute approximate surface area is 167 Å². The lowest BCUT2D eigenvalue weighted by Crippen LogP contribution is -2.39. The minimum atomic E-state index is -0.933. The van der Waals surface area contributed by atoms with Crippen molar-refractivity contribution in [3.63, 3.8) is 0 Å². The molecule has 146 valence electrons. The lowest BCUT2D eigenvalue weighted by molar-refractivity contribution is 0.173. The zero-order valence-corrected chi connectivity index (χ0v) is 15.7. The molecule has 0 radical (unpaired) electrons. The molecule has 0 bridgehead atoms. The van der Waals surface area contributed by atoms with Gasteiger partial charge in [0, 0.05) is 53.6 Å². The molecule has 1 fully saturated rings. The van der Waals surface area contributed by atoms with Gasteiger partial charge < -0.3 is 5.32 Å². The number of aromatic nitrogens is 6. The summed E-state index contributed by atoms with van der Waals surface area (Å²) in [5, 5.41) is 14.3. The Kier molecular flexibility index (Phi) is 4.61. The molecule has 8 heteroatoms. The summed E-state index contributed by atoms with van der Waals surface area (Å²) in [4.78, 5) is 9.06. The van der Waals surface area contributed by atoms with Crippen LogP contribution >= 0.6 is 0 Å². The number of rotatable bonds is 4. The number of alkyl halides is 1. The molecule has 3 aromatic heterocycles. The Balaban J connectivity index is 1.38. The molecule has 29 heavy (non-hydrogen) atoms. The van der Waals surface area contributed by atoms with E-state index in [0.717, 1.165) is 40.8 Å². The van der Waals surface area contributed by atoms with Crippen LogP contribution in [0.3, 0.4) is 0 Å². The van der Waals surface area contributed by atoms with Gasteiger partial charge in [-0.15, -0.1) is 0 Å². The Morgan fingerprint density at radius 3 is 2.62 bits per heavy atom. The highest BCUT2D eigenvalue weighted by molar-refractivity contribution is 5.70. The fourth-order valence-corrected chi connectivity index (χ4v) is 3.65. The highest BCUT2D eigenvalue weighted by Gasteiger charge is 2.26. The molecule has 1 saturated heterocycles. The number of nitrogens with zero attached hydrogens (tertiary/aromatic N) is 5. The van der Waals surface area contributed by atoms with Crippen LogP contribution in [0.5, 0.6) is 0 Å². The molecule has 1 aliphatic heterocycles.